The van der Waals surface area contributed by atoms with Gasteiger partial charge in [0.25, 0.3) is 0 Å². The number of hydrogen-bond acceptors (Lipinski definition) is 6. The second-order valence-electron chi connectivity index (χ2n) is 5.67. The Morgan fingerprint density at radius 3 is 2.61 bits per heavy atom. The monoisotopic (exact) mass is 315 g/mol. The third-order valence-electron chi connectivity index (χ3n) is 4.18. The van der Waals surface area contributed by atoms with Crippen LogP contribution in [0.3, 0.4) is 0 Å². The van der Waals surface area contributed by atoms with Crippen LogP contribution in [0.25, 0.3) is 0 Å². The molecule has 2 atom stereocenters. The van der Waals surface area contributed by atoms with E-state index in [-0.39, 0.29) is 5.71 Å². The first-order valence-corrected chi connectivity index (χ1v) is 7.33. The lowest BCUT2D eigenvalue weighted by atomic mass is 9.80. The molecule has 120 valence electrons. The first-order valence-electron chi connectivity index (χ1n) is 7.33. The third-order valence-corrected chi connectivity index (χ3v) is 4.18. The third kappa shape index (κ3) is 2.55. The van der Waals surface area contributed by atoms with Gasteiger partial charge in [0.05, 0.1) is 12.8 Å². The van der Waals surface area contributed by atoms with E-state index in [2.05, 4.69) is 9.73 Å². The highest BCUT2D eigenvalue weighted by molar-refractivity contribution is 6.20. The molecule has 1 N–H and O–H groups in total. The summed E-state index contributed by atoms with van der Waals surface area (Å²) in [5, 5.41) is 10.7. The number of aryl methyl sites for hydroxylation is 1. The topological polar surface area (TPSA) is 85.2 Å². The van der Waals surface area contributed by atoms with Gasteiger partial charge in [-0.3, -0.25) is 9.79 Å². The molecule has 6 nitrogen and oxygen atoms in total. The van der Waals surface area contributed by atoms with Crippen LogP contribution >= 0.6 is 0 Å². The number of aliphatic imine (C=N–C) groups is 1. The summed E-state index contributed by atoms with van der Waals surface area (Å²) in [5.74, 6) is -1.91. The van der Waals surface area contributed by atoms with Crippen LogP contribution in [0.2, 0.25) is 0 Å². The zero-order valence-corrected chi connectivity index (χ0v) is 12.9. The van der Waals surface area contributed by atoms with Gasteiger partial charge in [-0.05, 0) is 43.5 Å². The summed E-state index contributed by atoms with van der Waals surface area (Å²) >= 11 is 0. The van der Waals surface area contributed by atoms with E-state index in [0.29, 0.717) is 18.5 Å². The molecule has 0 spiro atoms. The molecule has 1 aromatic carbocycles. The number of esters is 2. The average molecular weight is 315 g/mol. The lowest BCUT2D eigenvalue weighted by Crippen LogP contribution is -2.50. The molecular weight excluding hydrogens is 298 g/mol. The minimum Gasteiger partial charge on any atom is -0.497 e. The van der Waals surface area contributed by atoms with Crippen molar-refractivity contribution in [3.8, 4) is 5.75 Å². The molecule has 1 saturated heterocycles. The van der Waals surface area contributed by atoms with Gasteiger partial charge < -0.3 is 14.6 Å². The Labute approximate surface area is 133 Å². The second kappa shape index (κ2) is 5.62. The average Bonchev–Trinajstić information content (AvgIpc) is 2.76. The van der Waals surface area contributed by atoms with Gasteiger partial charge in [-0.2, -0.15) is 0 Å². The minimum absolute atomic E-state index is 0.272. The van der Waals surface area contributed by atoms with Crippen molar-refractivity contribution in [2.24, 2.45) is 10.9 Å². The molecule has 1 aromatic rings. The molecule has 2 aliphatic heterocycles. The van der Waals surface area contributed by atoms with Gasteiger partial charge in [0.1, 0.15) is 11.7 Å². The molecule has 2 unspecified atom stereocenters. The number of nitrogens with zero attached hydrogens (tertiary/aromatic N) is 1. The van der Waals surface area contributed by atoms with Crippen molar-refractivity contribution in [2.45, 2.75) is 25.4 Å². The molecule has 0 saturated carbocycles. The van der Waals surface area contributed by atoms with Crippen LogP contribution in [0, 0.1) is 5.92 Å². The molecule has 0 radical (unpaired) electrons. The molecule has 6 heteroatoms. The normalized spacial score (nSPS) is 26.3. The minimum atomic E-state index is -1.97. The van der Waals surface area contributed by atoms with Crippen LogP contribution in [-0.4, -0.2) is 35.5 Å². The molecule has 2 aliphatic rings. The Bertz CT molecular complexity index is 719. The van der Waals surface area contributed by atoms with E-state index >= 15 is 0 Å². The van der Waals surface area contributed by atoms with Crippen molar-refractivity contribution in [3.63, 3.8) is 0 Å². The fourth-order valence-electron chi connectivity index (χ4n) is 2.89. The summed E-state index contributed by atoms with van der Waals surface area (Å²) < 4.78 is 9.71. The van der Waals surface area contributed by atoms with Crippen LogP contribution in [0.4, 0.5) is 0 Å². The van der Waals surface area contributed by atoms with E-state index in [4.69, 9.17) is 4.74 Å². The van der Waals surface area contributed by atoms with Gasteiger partial charge in [0, 0.05) is 5.70 Å². The predicted molar refractivity (Wildman–Crippen MR) is 82.0 cm³/mol. The predicted octanol–water partition coefficient (Wildman–Crippen LogP) is 1.42. The van der Waals surface area contributed by atoms with E-state index < -0.39 is 23.5 Å². The highest BCUT2D eigenvalue weighted by Crippen LogP contribution is 2.36. The Balaban J connectivity index is 1.81. The number of aliphatic hydroxyl groups is 1. The van der Waals surface area contributed by atoms with Crippen molar-refractivity contribution >= 4 is 17.7 Å². The van der Waals surface area contributed by atoms with Crippen LogP contribution in [0.1, 0.15) is 18.9 Å². The van der Waals surface area contributed by atoms with Crippen LogP contribution in [-0.2, 0) is 20.7 Å². The number of carbonyl (C=O) groups excluding carboxylic acids is 2. The number of allylic oxidation sites excluding steroid dienone is 1. The van der Waals surface area contributed by atoms with Gasteiger partial charge in [-0.25, -0.2) is 4.79 Å². The Kier molecular flexibility index (Phi) is 3.77. The van der Waals surface area contributed by atoms with Crippen molar-refractivity contribution in [1.29, 1.82) is 0 Å². The van der Waals surface area contributed by atoms with E-state index in [1.165, 1.54) is 6.08 Å². The molecule has 23 heavy (non-hydrogen) atoms. The molecule has 3 rings (SSSR count). The number of methoxy groups -OCH3 is 1. The van der Waals surface area contributed by atoms with Crippen LogP contribution < -0.4 is 4.74 Å². The smallest absolute Gasteiger partial charge is 0.353 e. The Hall–Kier alpha value is -2.47. The van der Waals surface area contributed by atoms with E-state index in [1.54, 1.807) is 14.0 Å². The van der Waals surface area contributed by atoms with Gasteiger partial charge >= 0.3 is 11.9 Å². The number of rotatable bonds is 4. The molecule has 2 heterocycles. The van der Waals surface area contributed by atoms with Gasteiger partial charge in [-0.15, -0.1) is 0 Å². The Morgan fingerprint density at radius 1 is 1.26 bits per heavy atom. The molecular formula is C17H17NO5. The molecule has 0 aliphatic carbocycles. The number of ether oxygens (including phenoxy) is 2. The lowest BCUT2D eigenvalue weighted by molar-refractivity contribution is -0.156. The quantitative estimate of drug-likeness (QED) is 0.671. The molecule has 0 bridgehead atoms. The molecule has 0 aromatic heterocycles. The first kappa shape index (κ1) is 15.4. The maximum absolute atomic E-state index is 11.9. The van der Waals surface area contributed by atoms with E-state index in [0.717, 1.165) is 11.3 Å². The van der Waals surface area contributed by atoms with Gasteiger partial charge in [0.15, 0.2) is 0 Å². The summed E-state index contributed by atoms with van der Waals surface area (Å²) in [6, 6.07) is 7.50. The summed E-state index contributed by atoms with van der Waals surface area (Å²) in [4.78, 5) is 28.0. The van der Waals surface area contributed by atoms with Crippen LogP contribution in [0.5, 0.6) is 5.75 Å². The first-order chi connectivity index (χ1) is 10.9. The van der Waals surface area contributed by atoms with Crippen molar-refractivity contribution in [3.05, 3.63) is 41.6 Å². The standard InChI is InChI=1S/C17H17NO5/c1-10-9-13-15(19)23-16(20)17(13,21)14(18-10)8-5-11-3-6-12(22-2)7-4-11/h3-4,6-7,9,13,21H,5,8H2,1-2H3. The van der Waals surface area contributed by atoms with Crippen molar-refractivity contribution < 1.29 is 24.2 Å². The number of fused-ring (bicyclic) bond motifs is 1. The van der Waals surface area contributed by atoms with Gasteiger partial charge in [0.2, 0.25) is 5.60 Å². The molecule has 0 amide bonds. The van der Waals surface area contributed by atoms with E-state index in [9.17, 15) is 14.7 Å². The van der Waals surface area contributed by atoms with Crippen LogP contribution in [0.15, 0.2) is 41.0 Å². The second-order valence-corrected chi connectivity index (χ2v) is 5.67. The Morgan fingerprint density at radius 2 is 1.96 bits per heavy atom. The zero-order chi connectivity index (χ0) is 16.6. The summed E-state index contributed by atoms with van der Waals surface area (Å²) in [6.45, 7) is 1.73. The summed E-state index contributed by atoms with van der Waals surface area (Å²) in [6.07, 6.45) is 2.41. The largest absolute Gasteiger partial charge is 0.497 e. The fourth-order valence-corrected chi connectivity index (χ4v) is 2.89. The highest BCUT2D eigenvalue weighted by Gasteiger charge is 2.60. The number of carbonyl (C=O) groups is 2. The maximum atomic E-state index is 11.9. The number of hydrogen-bond donors (Lipinski definition) is 1. The number of benzene rings is 1. The van der Waals surface area contributed by atoms with Crippen molar-refractivity contribution in [2.75, 3.05) is 7.11 Å². The highest BCUT2D eigenvalue weighted by atomic mass is 16.6. The van der Waals surface area contributed by atoms with Crippen molar-refractivity contribution in [1.82, 2.24) is 0 Å². The molecule has 1 fully saturated rings. The van der Waals surface area contributed by atoms with E-state index in [1.807, 2.05) is 24.3 Å². The fraction of sp³-hybridized carbons (Fsp3) is 0.353. The maximum Gasteiger partial charge on any atom is 0.353 e. The summed E-state index contributed by atoms with van der Waals surface area (Å²) in [7, 11) is 1.60. The zero-order valence-electron chi connectivity index (χ0n) is 12.9. The summed E-state index contributed by atoms with van der Waals surface area (Å²) in [5.41, 5.74) is -0.0907. The lowest BCUT2D eigenvalue weighted by Gasteiger charge is -2.27. The SMILES string of the molecule is COc1ccc(CCC2=NC(C)=CC3C(=O)OC(=O)C23O)cc1. The van der Waals surface area contributed by atoms with Gasteiger partial charge in [-0.1, -0.05) is 12.1 Å². The number of cyclic esters (lactones) is 2.